The number of aryl methyl sites for hydroxylation is 2. The number of hydrogen-bond acceptors (Lipinski definition) is 5. The zero-order valence-corrected chi connectivity index (χ0v) is 16.1. The summed E-state index contributed by atoms with van der Waals surface area (Å²) in [6, 6.07) is 8.64. The van der Waals surface area contributed by atoms with Crippen molar-refractivity contribution in [3.05, 3.63) is 53.2 Å². The minimum absolute atomic E-state index is 0.0116. The number of benzene rings is 1. The van der Waals surface area contributed by atoms with E-state index in [9.17, 15) is 14.7 Å². The maximum atomic E-state index is 12.6. The van der Waals surface area contributed by atoms with Crippen LogP contribution in [0.3, 0.4) is 0 Å². The van der Waals surface area contributed by atoms with Crippen molar-refractivity contribution in [3.63, 3.8) is 0 Å². The third kappa shape index (κ3) is 3.78. The molecule has 1 aliphatic rings. The Labute approximate surface area is 167 Å². The number of nitrogens with zero attached hydrogens (tertiary/aromatic N) is 3. The van der Waals surface area contributed by atoms with Crippen LogP contribution in [0.1, 0.15) is 58.7 Å². The number of aromatic nitrogens is 3. The lowest BCUT2D eigenvalue weighted by molar-refractivity contribution is 0.0694. The van der Waals surface area contributed by atoms with Crippen molar-refractivity contribution < 1.29 is 19.1 Å². The van der Waals surface area contributed by atoms with Crippen molar-refractivity contribution in [2.75, 3.05) is 5.32 Å². The summed E-state index contributed by atoms with van der Waals surface area (Å²) in [6.45, 7) is 2.66. The third-order valence-electron chi connectivity index (χ3n) is 5.07. The van der Waals surface area contributed by atoms with Gasteiger partial charge in [-0.05, 0) is 25.0 Å². The van der Waals surface area contributed by atoms with Gasteiger partial charge in [0.2, 0.25) is 0 Å². The van der Waals surface area contributed by atoms with E-state index in [-0.39, 0.29) is 17.1 Å². The highest BCUT2D eigenvalue weighted by molar-refractivity contribution is 6.04. The van der Waals surface area contributed by atoms with Crippen LogP contribution in [-0.2, 0) is 19.4 Å². The van der Waals surface area contributed by atoms with Crippen molar-refractivity contribution in [2.24, 2.45) is 0 Å². The Morgan fingerprint density at radius 3 is 2.83 bits per heavy atom. The van der Waals surface area contributed by atoms with Crippen molar-refractivity contribution >= 4 is 17.6 Å². The maximum absolute atomic E-state index is 12.6. The zero-order valence-electron chi connectivity index (χ0n) is 16.1. The molecule has 0 fully saturated rings. The summed E-state index contributed by atoms with van der Waals surface area (Å²) >= 11 is 0. The van der Waals surface area contributed by atoms with Crippen LogP contribution in [0.4, 0.5) is 5.69 Å². The van der Waals surface area contributed by atoms with Crippen LogP contribution < -0.4 is 5.32 Å². The number of carbonyl (C=O) groups is 2. The van der Waals surface area contributed by atoms with Crippen molar-refractivity contribution in [3.8, 4) is 11.4 Å². The van der Waals surface area contributed by atoms with Crippen LogP contribution in [0.15, 0.2) is 34.7 Å². The molecular weight excluding hydrogens is 372 g/mol. The van der Waals surface area contributed by atoms with Crippen LogP contribution in [0.5, 0.6) is 0 Å². The number of aromatic carboxylic acids is 1. The number of carboxylic acid groups (broad SMARTS) is 1. The molecule has 150 valence electrons. The topological polar surface area (TPSA) is 110 Å². The van der Waals surface area contributed by atoms with E-state index in [1.165, 1.54) is 12.5 Å². The second kappa shape index (κ2) is 7.90. The van der Waals surface area contributed by atoms with Crippen molar-refractivity contribution in [1.82, 2.24) is 14.8 Å². The fraction of sp³-hybridized carbons (Fsp3) is 0.333. The summed E-state index contributed by atoms with van der Waals surface area (Å²) in [6.07, 6.45) is 4.71. The van der Waals surface area contributed by atoms with Gasteiger partial charge in [-0.25, -0.2) is 4.79 Å². The van der Waals surface area contributed by atoms with E-state index < -0.39 is 11.9 Å². The normalized spacial score (nSPS) is 13.6. The van der Waals surface area contributed by atoms with Gasteiger partial charge in [-0.15, -0.1) is 10.2 Å². The number of hydrogen-bond donors (Lipinski definition) is 2. The average molecular weight is 394 g/mol. The zero-order chi connectivity index (χ0) is 20.4. The first-order chi connectivity index (χ1) is 14.1. The SMILES string of the molecule is CCc1oc(C(=O)Nc2cccc(-c3nnc4n3CCCCC4)c2)cc1C(=O)O. The first-order valence-corrected chi connectivity index (χ1v) is 9.76. The summed E-state index contributed by atoms with van der Waals surface area (Å²) in [5.74, 6) is 0.431. The van der Waals surface area contributed by atoms with Crippen LogP contribution >= 0.6 is 0 Å². The summed E-state index contributed by atoms with van der Waals surface area (Å²) < 4.78 is 7.58. The largest absolute Gasteiger partial charge is 0.478 e. The van der Waals surface area contributed by atoms with Gasteiger partial charge in [0.15, 0.2) is 11.6 Å². The summed E-state index contributed by atoms with van der Waals surface area (Å²) in [5.41, 5.74) is 1.45. The number of amides is 1. The highest BCUT2D eigenvalue weighted by Crippen LogP contribution is 2.25. The predicted molar refractivity (Wildman–Crippen MR) is 106 cm³/mol. The average Bonchev–Trinajstić information content (AvgIpc) is 3.26. The molecule has 0 atom stereocenters. The Bertz CT molecular complexity index is 1070. The van der Waals surface area contributed by atoms with Gasteiger partial charge in [0, 0.05) is 36.7 Å². The molecule has 4 rings (SSSR count). The molecule has 0 saturated carbocycles. The van der Waals surface area contributed by atoms with Crippen molar-refractivity contribution in [2.45, 2.75) is 45.6 Å². The fourth-order valence-electron chi connectivity index (χ4n) is 3.61. The summed E-state index contributed by atoms with van der Waals surface area (Å²) in [7, 11) is 0. The molecule has 2 N–H and O–H groups in total. The third-order valence-corrected chi connectivity index (χ3v) is 5.07. The molecule has 0 spiro atoms. The lowest BCUT2D eigenvalue weighted by Gasteiger charge is -2.09. The second-order valence-corrected chi connectivity index (χ2v) is 7.04. The molecule has 1 aliphatic heterocycles. The smallest absolute Gasteiger partial charge is 0.339 e. The van der Waals surface area contributed by atoms with E-state index in [0.29, 0.717) is 12.1 Å². The molecule has 1 aromatic carbocycles. The Kier molecular flexibility index (Phi) is 5.16. The first kappa shape index (κ1) is 18.9. The van der Waals surface area contributed by atoms with E-state index >= 15 is 0 Å². The monoisotopic (exact) mass is 394 g/mol. The van der Waals surface area contributed by atoms with E-state index in [2.05, 4.69) is 20.1 Å². The standard InChI is InChI=1S/C21H22N4O4/c1-2-16-15(21(27)28)12-17(29-16)20(26)22-14-8-6-7-13(11-14)19-24-23-18-9-4-3-5-10-25(18)19/h6-8,11-12H,2-5,9-10H2,1H3,(H,22,26)(H,27,28). The van der Waals surface area contributed by atoms with Gasteiger partial charge >= 0.3 is 5.97 Å². The Hall–Kier alpha value is -3.42. The van der Waals surface area contributed by atoms with Crippen LogP contribution in [0.25, 0.3) is 11.4 Å². The molecule has 29 heavy (non-hydrogen) atoms. The summed E-state index contributed by atoms with van der Waals surface area (Å²) in [5, 5.41) is 20.7. The molecule has 0 bridgehead atoms. The van der Waals surface area contributed by atoms with Crippen LogP contribution in [0, 0.1) is 0 Å². The van der Waals surface area contributed by atoms with Gasteiger partial charge in [-0.3, -0.25) is 4.79 Å². The van der Waals surface area contributed by atoms with Gasteiger partial charge in [0.05, 0.1) is 0 Å². The maximum Gasteiger partial charge on any atom is 0.339 e. The van der Waals surface area contributed by atoms with Gasteiger partial charge in [-0.2, -0.15) is 0 Å². The molecule has 2 aromatic heterocycles. The summed E-state index contributed by atoms with van der Waals surface area (Å²) in [4.78, 5) is 23.8. The van der Waals surface area contributed by atoms with Gasteiger partial charge < -0.3 is 19.4 Å². The molecule has 0 radical (unpaired) electrons. The predicted octanol–water partition coefficient (Wildman–Crippen LogP) is 3.78. The molecular formula is C21H22N4O4. The minimum Gasteiger partial charge on any atom is -0.478 e. The van der Waals surface area contributed by atoms with E-state index in [1.54, 1.807) is 13.0 Å². The van der Waals surface area contributed by atoms with Gasteiger partial charge in [-0.1, -0.05) is 25.5 Å². The molecule has 8 heteroatoms. The minimum atomic E-state index is -1.11. The van der Waals surface area contributed by atoms with E-state index in [4.69, 9.17) is 4.42 Å². The number of furan rings is 1. The molecule has 0 saturated heterocycles. The second-order valence-electron chi connectivity index (χ2n) is 7.04. The first-order valence-electron chi connectivity index (χ1n) is 9.76. The number of anilines is 1. The van der Waals surface area contributed by atoms with Gasteiger partial charge in [0.1, 0.15) is 17.1 Å². The Morgan fingerprint density at radius 2 is 2.07 bits per heavy atom. The molecule has 3 heterocycles. The number of rotatable bonds is 5. The lowest BCUT2D eigenvalue weighted by Crippen LogP contribution is -2.11. The molecule has 1 amide bonds. The van der Waals surface area contributed by atoms with E-state index in [0.717, 1.165) is 43.0 Å². The molecule has 8 nitrogen and oxygen atoms in total. The highest BCUT2D eigenvalue weighted by atomic mass is 16.4. The Balaban J connectivity index is 1.58. The number of nitrogens with one attached hydrogen (secondary N) is 1. The lowest BCUT2D eigenvalue weighted by atomic mass is 10.1. The van der Waals surface area contributed by atoms with Gasteiger partial charge in [0.25, 0.3) is 5.91 Å². The quantitative estimate of drug-likeness (QED) is 0.681. The fourth-order valence-corrected chi connectivity index (χ4v) is 3.61. The van der Waals surface area contributed by atoms with Crippen molar-refractivity contribution in [1.29, 1.82) is 0 Å². The number of carbonyl (C=O) groups excluding carboxylic acids is 1. The van der Waals surface area contributed by atoms with Crippen LogP contribution in [0.2, 0.25) is 0 Å². The molecule has 0 unspecified atom stereocenters. The molecule has 0 aliphatic carbocycles. The number of fused-ring (bicyclic) bond motifs is 1. The highest BCUT2D eigenvalue weighted by Gasteiger charge is 2.21. The van der Waals surface area contributed by atoms with E-state index in [1.807, 2.05) is 18.2 Å². The van der Waals surface area contributed by atoms with Crippen LogP contribution in [-0.4, -0.2) is 31.7 Å². The Morgan fingerprint density at radius 1 is 1.21 bits per heavy atom. The number of carboxylic acids is 1. The molecule has 3 aromatic rings.